The summed E-state index contributed by atoms with van der Waals surface area (Å²) in [6, 6.07) is 58.2. The summed E-state index contributed by atoms with van der Waals surface area (Å²) in [6.07, 6.45) is 6.77. The quantitative estimate of drug-likeness (QED) is 0.177. The highest BCUT2D eigenvalue weighted by atomic mass is 32.1. The van der Waals surface area contributed by atoms with Crippen molar-refractivity contribution in [2.45, 2.75) is 12.8 Å². The van der Waals surface area contributed by atoms with E-state index in [2.05, 4.69) is 179 Å². The Balaban J connectivity index is 1.06. The number of nitrogens with zero attached hydrogens (tertiary/aromatic N) is 2. The average molecular weight is 669 g/mol. The molecule has 0 amide bonds. The minimum atomic E-state index is 1.04. The number of hydrogen-bond donors (Lipinski definition) is 0. The Bertz CT molecular complexity index is 3010. The van der Waals surface area contributed by atoms with Crippen molar-refractivity contribution in [1.82, 2.24) is 9.13 Å². The van der Waals surface area contributed by atoms with E-state index >= 15 is 0 Å². The number of rotatable bonds is 4. The molecule has 0 radical (unpaired) electrons. The van der Waals surface area contributed by atoms with Crippen molar-refractivity contribution in [3.8, 4) is 33.6 Å². The SMILES string of the molecule is C1=Cc2c(n(-c3ccc4sc5ccc(-c6ccc7c(c6)c6ccccc6n7-c6ccccc6)cc5c4c3)c3ccc(-c4ccccc4)cc23)CC1. The highest BCUT2D eigenvalue weighted by Crippen LogP contribution is 2.42. The highest BCUT2D eigenvalue weighted by Gasteiger charge is 2.20. The molecule has 0 N–H and O–H groups in total. The van der Waals surface area contributed by atoms with E-state index in [-0.39, 0.29) is 0 Å². The second-order valence-corrected chi connectivity index (χ2v) is 14.7. The summed E-state index contributed by atoms with van der Waals surface area (Å²) in [5.41, 5.74) is 13.9. The second kappa shape index (κ2) is 11.2. The molecule has 0 saturated carbocycles. The van der Waals surface area contributed by atoms with Gasteiger partial charge < -0.3 is 9.13 Å². The highest BCUT2D eigenvalue weighted by molar-refractivity contribution is 7.25. The van der Waals surface area contributed by atoms with E-state index < -0.39 is 0 Å². The molecule has 3 heterocycles. The minimum Gasteiger partial charge on any atom is -0.313 e. The molecule has 240 valence electrons. The predicted molar refractivity (Wildman–Crippen MR) is 219 cm³/mol. The molecule has 0 aliphatic heterocycles. The molecule has 10 aromatic rings. The third-order valence-electron chi connectivity index (χ3n) is 10.8. The molecule has 3 aromatic heterocycles. The van der Waals surface area contributed by atoms with Crippen molar-refractivity contribution in [3.05, 3.63) is 175 Å². The Morgan fingerprint density at radius 1 is 0.412 bits per heavy atom. The number of fused-ring (bicyclic) bond motifs is 9. The Kier molecular flexibility index (Phi) is 6.28. The molecule has 1 aliphatic carbocycles. The number of hydrogen-bond acceptors (Lipinski definition) is 1. The van der Waals surface area contributed by atoms with Gasteiger partial charge in [-0.2, -0.15) is 0 Å². The van der Waals surface area contributed by atoms with E-state index in [0.717, 1.165) is 12.8 Å². The van der Waals surface area contributed by atoms with Gasteiger partial charge in [-0.3, -0.25) is 0 Å². The van der Waals surface area contributed by atoms with Gasteiger partial charge in [0, 0.05) is 59.0 Å². The summed E-state index contributed by atoms with van der Waals surface area (Å²) in [4.78, 5) is 0. The molecule has 11 rings (SSSR count). The molecule has 0 bridgehead atoms. The first-order valence-electron chi connectivity index (χ1n) is 17.7. The van der Waals surface area contributed by atoms with Crippen LogP contribution in [0.1, 0.15) is 17.7 Å². The summed E-state index contributed by atoms with van der Waals surface area (Å²) < 4.78 is 7.55. The predicted octanol–water partition coefficient (Wildman–Crippen LogP) is 13.4. The zero-order valence-corrected chi connectivity index (χ0v) is 28.7. The zero-order chi connectivity index (χ0) is 33.5. The Morgan fingerprint density at radius 3 is 1.84 bits per heavy atom. The van der Waals surface area contributed by atoms with Crippen LogP contribution >= 0.6 is 11.3 Å². The Labute approximate surface area is 299 Å². The lowest BCUT2D eigenvalue weighted by molar-refractivity contribution is 0.889. The van der Waals surface area contributed by atoms with Crippen LogP contribution in [0.15, 0.2) is 164 Å². The van der Waals surface area contributed by atoms with E-state index in [9.17, 15) is 0 Å². The first-order chi connectivity index (χ1) is 25.3. The van der Waals surface area contributed by atoms with Crippen LogP contribution < -0.4 is 0 Å². The first kappa shape index (κ1) is 28.7. The van der Waals surface area contributed by atoms with Gasteiger partial charge >= 0.3 is 0 Å². The van der Waals surface area contributed by atoms with Crippen molar-refractivity contribution < 1.29 is 0 Å². The number of benzene rings is 7. The van der Waals surface area contributed by atoms with Gasteiger partial charge in [0.25, 0.3) is 0 Å². The van der Waals surface area contributed by atoms with Crippen LogP contribution in [0.25, 0.3) is 92.6 Å². The number of thiophene rings is 1. The molecule has 1 aliphatic rings. The van der Waals surface area contributed by atoms with E-state index in [1.165, 1.54) is 97.8 Å². The normalized spacial score (nSPS) is 12.9. The Hall–Kier alpha value is -6.16. The molecule has 51 heavy (non-hydrogen) atoms. The second-order valence-electron chi connectivity index (χ2n) is 13.6. The zero-order valence-electron chi connectivity index (χ0n) is 27.9. The summed E-state index contributed by atoms with van der Waals surface area (Å²) in [5.74, 6) is 0. The first-order valence-corrected chi connectivity index (χ1v) is 18.6. The molecule has 3 heteroatoms. The van der Waals surface area contributed by atoms with Crippen LogP contribution in [0.3, 0.4) is 0 Å². The lowest BCUT2D eigenvalue weighted by atomic mass is 9.99. The molecule has 0 saturated heterocycles. The number of para-hydroxylation sites is 2. The maximum atomic E-state index is 2.52. The summed E-state index contributed by atoms with van der Waals surface area (Å²) in [7, 11) is 0. The number of allylic oxidation sites excluding steroid dienone is 1. The fourth-order valence-electron chi connectivity index (χ4n) is 8.42. The lowest BCUT2D eigenvalue weighted by Gasteiger charge is -2.13. The van der Waals surface area contributed by atoms with E-state index in [0.29, 0.717) is 0 Å². The van der Waals surface area contributed by atoms with E-state index in [1.54, 1.807) is 0 Å². The van der Waals surface area contributed by atoms with Gasteiger partial charge in [0.2, 0.25) is 0 Å². The maximum absolute atomic E-state index is 2.52. The van der Waals surface area contributed by atoms with Crippen molar-refractivity contribution in [1.29, 1.82) is 0 Å². The minimum absolute atomic E-state index is 1.04. The molecular formula is C48H32N2S. The lowest BCUT2D eigenvalue weighted by Crippen LogP contribution is -2.02. The fourth-order valence-corrected chi connectivity index (χ4v) is 9.49. The molecule has 0 atom stereocenters. The average Bonchev–Trinajstić information content (AvgIpc) is 3.85. The van der Waals surface area contributed by atoms with Crippen LogP contribution in [-0.2, 0) is 6.42 Å². The molecule has 0 fully saturated rings. The number of aromatic nitrogens is 2. The standard InChI is InChI=1S/C48H32N2S/c1-3-11-31(12-4-1)32-19-23-46-39(27-32)38-16-8-10-18-44(38)50(46)36-22-26-48-42(30-36)41-29-34(21-25-47(41)51-48)33-20-24-45-40(28-33)37-15-7-9-17-43(37)49(45)35-13-5-2-6-14-35/h1-9,11-17,19-30H,10,18H2. The summed E-state index contributed by atoms with van der Waals surface area (Å²) >= 11 is 1.89. The van der Waals surface area contributed by atoms with Gasteiger partial charge in [-0.05, 0) is 108 Å². The monoisotopic (exact) mass is 668 g/mol. The van der Waals surface area contributed by atoms with Crippen LogP contribution in [0.2, 0.25) is 0 Å². The largest absolute Gasteiger partial charge is 0.313 e. The van der Waals surface area contributed by atoms with Crippen molar-refractivity contribution in [2.24, 2.45) is 0 Å². The van der Waals surface area contributed by atoms with Crippen LogP contribution in [0, 0.1) is 0 Å². The van der Waals surface area contributed by atoms with Crippen molar-refractivity contribution in [2.75, 3.05) is 0 Å². The van der Waals surface area contributed by atoms with Crippen LogP contribution in [0.5, 0.6) is 0 Å². The van der Waals surface area contributed by atoms with Crippen molar-refractivity contribution >= 4 is 70.3 Å². The fraction of sp³-hybridized carbons (Fsp3) is 0.0417. The smallest absolute Gasteiger partial charge is 0.0541 e. The van der Waals surface area contributed by atoms with Gasteiger partial charge in [0.05, 0.1) is 16.6 Å². The molecule has 7 aromatic carbocycles. The third kappa shape index (κ3) is 4.42. The third-order valence-corrected chi connectivity index (χ3v) is 11.9. The maximum Gasteiger partial charge on any atom is 0.0541 e. The topological polar surface area (TPSA) is 9.86 Å². The van der Waals surface area contributed by atoms with Gasteiger partial charge in [-0.15, -0.1) is 11.3 Å². The van der Waals surface area contributed by atoms with Gasteiger partial charge in [0.15, 0.2) is 0 Å². The van der Waals surface area contributed by atoms with E-state index in [1.807, 2.05) is 11.3 Å². The summed E-state index contributed by atoms with van der Waals surface area (Å²) in [6.45, 7) is 0. The molecular weight excluding hydrogens is 637 g/mol. The van der Waals surface area contributed by atoms with Gasteiger partial charge in [-0.1, -0.05) is 97.1 Å². The molecule has 0 spiro atoms. The summed E-state index contributed by atoms with van der Waals surface area (Å²) in [5, 5.41) is 6.51. The van der Waals surface area contributed by atoms with E-state index in [4.69, 9.17) is 0 Å². The Morgan fingerprint density at radius 2 is 1.02 bits per heavy atom. The molecule has 0 unspecified atom stereocenters. The van der Waals surface area contributed by atoms with Gasteiger partial charge in [0.1, 0.15) is 0 Å². The van der Waals surface area contributed by atoms with Crippen LogP contribution in [-0.4, -0.2) is 9.13 Å². The molecule has 2 nitrogen and oxygen atoms in total. The van der Waals surface area contributed by atoms with Gasteiger partial charge in [-0.25, -0.2) is 0 Å². The van der Waals surface area contributed by atoms with Crippen molar-refractivity contribution in [3.63, 3.8) is 0 Å². The van der Waals surface area contributed by atoms with Crippen LogP contribution in [0.4, 0.5) is 0 Å².